The standard InChI is InChI=1S/C13H20N2O3/c1-3-5-12-14-8-9-15(12)10-11(16)6-7-13(17)18-4-2/h8-9H,3-7,10H2,1-2H3. The second kappa shape index (κ2) is 7.63. The summed E-state index contributed by atoms with van der Waals surface area (Å²) in [5, 5.41) is 0. The predicted molar refractivity (Wildman–Crippen MR) is 67.1 cm³/mol. The van der Waals surface area contributed by atoms with E-state index in [2.05, 4.69) is 11.9 Å². The molecular weight excluding hydrogens is 232 g/mol. The molecule has 0 saturated heterocycles. The number of carbonyl (C=O) groups is 2. The van der Waals surface area contributed by atoms with E-state index in [9.17, 15) is 9.59 Å². The van der Waals surface area contributed by atoms with Crippen molar-refractivity contribution >= 4 is 11.8 Å². The van der Waals surface area contributed by atoms with E-state index in [-0.39, 0.29) is 31.1 Å². The van der Waals surface area contributed by atoms with Crippen LogP contribution < -0.4 is 0 Å². The molecule has 1 aromatic rings. The largest absolute Gasteiger partial charge is 0.466 e. The van der Waals surface area contributed by atoms with Crippen molar-refractivity contribution in [2.75, 3.05) is 6.61 Å². The molecule has 1 rings (SSSR count). The van der Waals surface area contributed by atoms with Crippen molar-refractivity contribution in [2.45, 2.75) is 46.1 Å². The number of aromatic nitrogens is 2. The zero-order valence-electron chi connectivity index (χ0n) is 11.0. The van der Waals surface area contributed by atoms with Gasteiger partial charge in [-0.2, -0.15) is 0 Å². The van der Waals surface area contributed by atoms with Gasteiger partial charge in [0.25, 0.3) is 0 Å². The number of imidazole rings is 1. The first-order chi connectivity index (χ1) is 8.67. The Kier molecular flexibility index (Phi) is 6.11. The number of ketones is 1. The summed E-state index contributed by atoms with van der Waals surface area (Å²) in [6.45, 7) is 4.47. The van der Waals surface area contributed by atoms with Gasteiger partial charge in [-0.25, -0.2) is 4.98 Å². The maximum atomic E-state index is 11.7. The van der Waals surface area contributed by atoms with Crippen molar-refractivity contribution in [1.82, 2.24) is 9.55 Å². The van der Waals surface area contributed by atoms with Crippen molar-refractivity contribution < 1.29 is 14.3 Å². The molecule has 0 aliphatic carbocycles. The van der Waals surface area contributed by atoms with Gasteiger partial charge in [-0.3, -0.25) is 9.59 Å². The minimum absolute atomic E-state index is 0.0263. The van der Waals surface area contributed by atoms with Gasteiger partial charge in [-0.05, 0) is 13.3 Å². The Balaban J connectivity index is 2.39. The third kappa shape index (κ3) is 4.69. The lowest BCUT2D eigenvalue weighted by Gasteiger charge is -2.06. The molecule has 1 heterocycles. The van der Waals surface area contributed by atoms with E-state index in [4.69, 9.17) is 4.74 Å². The molecular formula is C13H20N2O3. The molecule has 0 N–H and O–H groups in total. The third-order valence-corrected chi connectivity index (χ3v) is 2.54. The summed E-state index contributed by atoms with van der Waals surface area (Å²) in [6.07, 6.45) is 5.73. The summed E-state index contributed by atoms with van der Waals surface area (Å²) in [5.41, 5.74) is 0. The highest BCUT2D eigenvalue weighted by Crippen LogP contribution is 2.03. The smallest absolute Gasteiger partial charge is 0.306 e. The van der Waals surface area contributed by atoms with Gasteiger partial charge in [-0.1, -0.05) is 6.92 Å². The molecule has 5 nitrogen and oxygen atoms in total. The molecule has 0 saturated carbocycles. The van der Waals surface area contributed by atoms with Gasteiger partial charge in [-0.15, -0.1) is 0 Å². The SMILES string of the molecule is CCCc1nccn1CC(=O)CCC(=O)OCC. The Morgan fingerprint density at radius 2 is 2.11 bits per heavy atom. The average molecular weight is 252 g/mol. The van der Waals surface area contributed by atoms with Crippen LogP contribution in [-0.4, -0.2) is 27.9 Å². The highest BCUT2D eigenvalue weighted by atomic mass is 16.5. The van der Waals surface area contributed by atoms with Crippen LogP contribution in [0.2, 0.25) is 0 Å². The van der Waals surface area contributed by atoms with E-state index in [1.807, 2.05) is 4.57 Å². The second-order valence-electron chi connectivity index (χ2n) is 4.07. The Labute approximate surface area is 107 Å². The molecule has 18 heavy (non-hydrogen) atoms. The van der Waals surface area contributed by atoms with Crippen LogP contribution in [0.3, 0.4) is 0 Å². The first kappa shape index (κ1) is 14.4. The van der Waals surface area contributed by atoms with E-state index >= 15 is 0 Å². The molecule has 5 heteroatoms. The third-order valence-electron chi connectivity index (χ3n) is 2.54. The van der Waals surface area contributed by atoms with Crippen LogP contribution in [0, 0.1) is 0 Å². The summed E-state index contributed by atoms with van der Waals surface area (Å²) in [6, 6.07) is 0. The second-order valence-corrected chi connectivity index (χ2v) is 4.07. The van der Waals surface area contributed by atoms with Crippen molar-refractivity contribution in [1.29, 1.82) is 0 Å². The van der Waals surface area contributed by atoms with Crippen LogP contribution in [0.15, 0.2) is 12.4 Å². The first-order valence-electron chi connectivity index (χ1n) is 6.34. The van der Waals surface area contributed by atoms with E-state index in [1.54, 1.807) is 19.3 Å². The van der Waals surface area contributed by atoms with Gasteiger partial charge >= 0.3 is 5.97 Å². The van der Waals surface area contributed by atoms with Crippen molar-refractivity contribution in [3.63, 3.8) is 0 Å². The molecule has 0 atom stereocenters. The summed E-state index contributed by atoms with van der Waals surface area (Å²) in [5.74, 6) is 0.630. The van der Waals surface area contributed by atoms with Gasteiger partial charge in [0.05, 0.1) is 19.6 Å². The molecule has 0 spiro atoms. The number of ether oxygens (including phenoxy) is 1. The Hall–Kier alpha value is -1.65. The summed E-state index contributed by atoms with van der Waals surface area (Å²) < 4.78 is 6.62. The lowest BCUT2D eigenvalue weighted by molar-refractivity contribution is -0.144. The lowest BCUT2D eigenvalue weighted by atomic mass is 10.2. The molecule has 0 aliphatic rings. The highest BCUT2D eigenvalue weighted by Gasteiger charge is 2.10. The van der Waals surface area contributed by atoms with E-state index in [0.29, 0.717) is 6.61 Å². The van der Waals surface area contributed by atoms with E-state index in [0.717, 1.165) is 18.7 Å². The number of hydrogen-bond acceptors (Lipinski definition) is 4. The monoisotopic (exact) mass is 252 g/mol. The molecule has 0 unspecified atom stereocenters. The summed E-state index contributed by atoms with van der Waals surface area (Å²) >= 11 is 0. The maximum Gasteiger partial charge on any atom is 0.306 e. The van der Waals surface area contributed by atoms with Crippen LogP contribution in [0.5, 0.6) is 0 Å². The number of rotatable bonds is 8. The predicted octanol–water partition coefficient (Wildman–Crippen LogP) is 1.75. The molecule has 0 amide bonds. The number of nitrogens with zero attached hydrogens (tertiary/aromatic N) is 2. The number of carbonyl (C=O) groups excluding carboxylic acids is 2. The fourth-order valence-electron chi connectivity index (χ4n) is 1.68. The van der Waals surface area contributed by atoms with Crippen molar-refractivity contribution in [3.8, 4) is 0 Å². The lowest BCUT2D eigenvalue weighted by Crippen LogP contribution is -2.14. The number of esters is 1. The fourth-order valence-corrected chi connectivity index (χ4v) is 1.68. The Morgan fingerprint density at radius 3 is 2.78 bits per heavy atom. The van der Waals surface area contributed by atoms with Crippen molar-refractivity contribution in [2.24, 2.45) is 0 Å². The Bertz CT molecular complexity index is 399. The zero-order chi connectivity index (χ0) is 13.4. The van der Waals surface area contributed by atoms with Gasteiger partial charge in [0.15, 0.2) is 5.78 Å². The number of Topliss-reactive ketones (excluding diaryl/α,β-unsaturated/α-hetero) is 1. The molecule has 0 fully saturated rings. The quantitative estimate of drug-likeness (QED) is 0.661. The molecule has 0 radical (unpaired) electrons. The Morgan fingerprint density at radius 1 is 1.33 bits per heavy atom. The van der Waals surface area contributed by atoms with E-state index in [1.165, 1.54) is 0 Å². The topological polar surface area (TPSA) is 61.2 Å². The van der Waals surface area contributed by atoms with Gasteiger partial charge in [0.1, 0.15) is 5.82 Å². The summed E-state index contributed by atoms with van der Waals surface area (Å²) in [7, 11) is 0. The first-order valence-corrected chi connectivity index (χ1v) is 6.34. The number of hydrogen-bond donors (Lipinski definition) is 0. The van der Waals surface area contributed by atoms with Gasteiger partial charge < -0.3 is 9.30 Å². The minimum atomic E-state index is -0.315. The molecule has 0 aromatic carbocycles. The summed E-state index contributed by atoms with van der Waals surface area (Å²) in [4.78, 5) is 27.0. The van der Waals surface area contributed by atoms with Crippen LogP contribution in [0.25, 0.3) is 0 Å². The maximum absolute atomic E-state index is 11.7. The van der Waals surface area contributed by atoms with E-state index < -0.39 is 0 Å². The minimum Gasteiger partial charge on any atom is -0.466 e. The molecule has 100 valence electrons. The average Bonchev–Trinajstić information content (AvgIpc) is 2.75. The van der Waals surface area contributed by atoms with Crippen LogP contribution >= 0.6 is 0 Å². The highest BCUT2D eigenvalue weighted by molar-refractivity contribution is 5.82. The van der Waals surface area contributed by atoms with Crippen LogP contribution in [-0.2, 0) is 27.3 Å². The fraction of sp³-hybridized carbons (Fsp3) is 0.615. The molecule has 1 aromatic heterocycles. The zero-order valence-corrected chi connectivity index (χ0v) is 11.0. The molecule has 0 bridgehead atoms. The number of aryl methyl sites for hydroxylation is 1. The van der Waals surface area contributed by atoms with Crippen molar-refractivity contribution in [3.05, 3.63) is 18.2 Å². The van der Waals surface area contributed by atoms with Crippen LogP contribution in [0.1, 0.15) is 38.9 Å². The van der Waals surface area contributed by atoms with Gasteiger partial charge in [0, 0.05) is 25.2 Å². The molecule has 0 aliphatic heterocycles. The van der Waals surface area contributed by atoms with Gasteiger partial charge in [0.2, 0.25) is 0 Å². The normalized spacial score (nSPS) is 10.3. The van der Waals surface area contributed by atoms with Crippen LogP contribution in [0.4, 0.5) is 0 Å².